The first kappa shape index (κ1) is 15.8. The average molecular weight is 355 g/mol. The Morgan fingerprint density at radius 3 is 3.04 bits per heavy atom. The molecular formula is C18H17N3O3S. The average Bonchev–Trinajstić information content (AvgIpc) is 3.33. The minimum Gasteiger partial charge on any atom is -0.441 e. The minimum absolute atomic E-state index is 0.0750. The second kappa shape index (κ2) is 6.33. The van der Waals surface area contributed by atoms with E-state index < -0.39 is 6.04 Å². The fourth-order valence-corrected chi connectivity index (χ4v) is 3.85. The normalized spacial score (nSPS) is 17.2. The van der Waals surface area contributed by atoms with Crippen LogP contribution < -0.4 is 5.32 Å². The number of anilines is 1. The Balaban J connectivity index is 1.51. The van der Waals surface area contributed by atoms with Gasteiger partial charge in [-0.25, -0.2) is 4.98 Å². The molecule has 128 valence electrons. The Labute approximate surface area is 148 Å². The van der Waals surface area contributed by atoms with Crippen LogP contribution in [0.1, 0.15) is 28.4 Å². The molecule has 3 heterocycles. The van der Waals surface area contributed by atoms with Gasteiger partial charge in [0.15, 0.2) is 11.5 Å². The van der Waals surface area contributed by atoms with E-state index in [4.69, 9.17) is 4.42 Å². The van der Waals surface area contributed by atoms with Gasteiger partial charge in [0.05, 0.1) is 4.88 Å². The highest BCUT2D eigenvalue weighted by Gasteiger charge is 2.34. The maximum atomic E-state index is 12.7. The Morgan fingerprint density at radius 1 is 1.36 bits per heavy atom. The largest absolute Gasteiger partial charge is 0.441 e. The van der Waals surface area contributed by atoms with Crippen molar-refractivity contribution in [3.63, 3.8) is 0 Å². The SMILES string of the molecule is Cc1nc2ccc(NC(=O)[C@@H]3CCCN3C(=O)c3cccs3)cc2o1. The van der Waals surface area contributed by atoms with Crippen molar-refractivity contribution in [3.05, 3.63) is 46.5 Å². The molecule has 4 rings (SSSR count). The van der Waals surface area contributed by atoms with Crippen LogP contribution in [0.15, 0.2) is 40.1 Å². The number of hydrogen-bond donors (Lipinski definition) is 1. The van der Waals surface area contributed by atoms with Crippen LogP contribution in [0.2, 0.25) is 0 Å². The van der Waals surface area contributed by atoms with Crippen LogP contribution in [0.4, 0.5) is 5.69 Å². The number of amides is 2. The second-order valence-electron chi connectivity index (χ2n) is 6.04. The molecule has 0 radical (unpaired) electrons. The van der Waals surface area contributed by atoms with Crippen molar-refractivity contribution in [1.82, 2.24) is 9.88 Å². The van der Waals surface area contributed by atoms with Crippen molar-refractivity contribution in [2.45, 2.75) is 25.8 Å². The number of nitrogens with zero attached hydrogens (tertiary/aromatic N) is 2. The Bertz CT molecular complexity index is 932. The van der Waals surface area contributed by atoms with Crippen molar-refractivity contribution in [1.29, 1.82) is 0 Å². The number of hydrogen-bond acceptors (Lipinski definition) is 5. The van der Waals surface area contributed by atoms with Gasteiger partial charge >= 0.3 is 0 Å². The number of benzene rings is 1. The number of oxazole rings is 1. The molecule has 1 aliphatic rings. The Morgan fingerprint density at radius 2 is 2.24 bits per heavy atom. The van der Waals surface area contributed by atoms with E-state index in [1.165, 1.54) is 11.3 Å². The summed E-state index contributed by atoms with van der Waals surface area (Å²) < 4.78 is 5.50. The number of likely N-dealkylation sites (tertiary alicyclic amines) is 1. The summed E-state index contributed by atoms with van der Waals surface area (Å²) in [4.78, 5) is 31.9. The maximum Gasteiger partial charge on any atom is 0.264 e. The van der Waals surface area contributed by atoms with E-state index in [-0.39, 0.29) is 11.8 Å². The van der Waals surface area contributed by atoms with Gasteiger partial charge in [0.2, 0.25) is 5.91 Å². The van der Waals surface area contributed by atoms with Crippen molar-refractivity contribution in [2.24, 2.45) is 0 Å². The summed E-state index contributed by atoms with van der Waals surface area (Å²) in [7, 11) is 0. The highest BCUT2D eigenvalue weighted by molar-refractivity contribution is 7.12. The van der Waals surface area contributed by atoms with Gasteiger partial charge in [-0.15, -0.1) is 11.3 Å². The molecule has 0 aliphatic carbocycles. The highest BCUT2D eigenvalue weighted by Crippen LogP contribution is 2.25. The lowest BCUT2D eigenvalue weighted by Crippen LogP contribution is -2.42. The molecule has 0 bridgehead atoms. The third kappa shape index (κ3) is 3.02. The molecule has 1 aromatic carbocycles. The zero-order chi connectivity index (χ0) is 17.4. The molecule has 1 N–H and O–H groups in total. The van der Waals surface area contributed by atoms with E-state index in [1.807, 2.05) is 17.5 Å². The molecule has 25 heavy (non-hydrogen) atoms. The number of nitrogens with one attached hydrogen (secondary N) is 1. The number of fused-ring (bicyclic) bond motifs is 1. The van der Waals surface area contributed by atoms with Gasteiger partial charge in [-0.2, -0.15) is 0 Å². The van der Waals surface area contributed by atoms with E-state index in [1.54, 1.807) is 30.0 Å². The van der Waals surface area contributed by atoms with E-state index >= 15 is 0 Å². The Kier molecular flexibility index (Phi) is 4.01. The van der Waals surface area contributed by atoms with Gasteiger partial charge < -0.3 is 14.6 Å². The number of thiophene rings is 1. The number of aromatic nitrogens is 1. The van der Waals surface area contributed by atoms with Crippen LogP contribution >= 0.6 is 11.3 Å². The third-order valence-electron chi connectivity index (χ3n) is 4.31. The van der Waals surface area contributed by atoms with Gasteiger partial charge in [-0.05, 0) is 36.4 Å². The summed E-state index contributed by atoms with van der Waals surface area (Å²) in [5.74, 6) is 0.342. The molecule has 7 heteroatoms. The summed E-state index contributed by atoms with van der Waals surface area (Å²) in [6.07, 6.45) is 1.50. The number of aryl methyl sites for hydroxylation is 1. The van der Waals surface area contributed by atoms with Crippen LogP contribution in [-0.2, 0) is 4.79 Å². The molecule has 1 aliphatic heterocycles. The van der Waals surface area contributed by atoms with Crippen molar-refractivity contribution >= 4 is 39.9 Å². The topological polar surface area (TPSA) is 75.4 Å². The molecule has 1 saturated heterocycles. The molecular weight excluding hydrogens is 338 g/mol. The molecule has 3 aromatic rings. The molecule has 6 nitrogen and oxygen atoms in total. The lowest BCUT2D eigenvalue weighted by Gasteiger charge is -2.23. The molecule has 1 atom stereocenters. The molecule has 0 spiro atoms. The smallest absolute Gasteiger partial charge is 0.264 e. The summed E-state index contributed by atoms with van der Waals surface area (Å²) >= 11 is 1.40. The standard InChI is InChI=1S/C18H17N3O3S/c1-11-19-13-7-6-12(10-15(13)24-11)20-17(22)14-4-2-8-21(14)18(23)16-5-3-9-25-16/h3,5-7,9-10,14H,2,4,8H2,1H3,(H,20,22)/t14-/m0/s1. The number of carbonyl (C=O) groups excluding carboxylic acids is 2. The van der Waals surface area contributed by atoms with Crippen LogP contribution in [0.5, 0.6) is 0 Å². The fraction of sp³-hybridized carbons (Fsp3) is 0.278. The zero-order valence-electron chi connectivity index (χ0n) is 13.7. The zero-order valence-corrected chi connectivity index (χ0v) is 14.5. The van der Waals surface area contributed by atoms with Gasteiger partial charge in [0.1, 0.15) is 11.6 Å². The van der Waals surface area contributed by atoms with E-state index in [2.05, 4.69) is 10.3 Å². The lowest BCUT2D eigenvalue weighted by atomic mass is 10.2. The molecule has 2 aromatic heterocycles. The maximum absolute atomic E-state index is 12.7. The lowest BCUT2D eigenvalue weighted by molar-refractivity contribution is -0.119. The van der Waals surface area contributed by atoms with Crippen molar-refractivity contribution in [3.8, 4) is 0 Å². The van der Waals surface area contributed by atoms with Gasteiger partial charge in [0.25, 0.3) is 5.91 Å². The monoisotopic (exact) mass is 355 g/mol. The molecule has 0 unspecified atom stereocenters. The van der Waals surface area contributed by atoms with Gasteiger partial charge in [-0.1, -0.05) is 6.07 Å². The summed E-state index contributed by atoms with van der Waals surface area (Å²) in [6, 6.07) is 8.56. The van der Waals surface area contributed by atoms with Crippen molar-refractivity contribution < 1.29 is 14.0 Å². The first-order valence-electron chi connectivity index (χ1n) is 8.14. The first-order chi connectivity index (χ1) is 12.1. The third-order valence-corrected chi connectivity index (χ3v) is 5.17. The summed E-state index contributed by atoms with van der Waals surface area (Å²) in [5, 5.41) is 4.77. The van der Waals surface area contributed by atoms with Gasteiger partial charge in [-0.3, -0.25) is 9.59 Å². The number of carbonyl (C=O) groups is 2. The van der Waals surface area contributed by atoms with Crippen molar-refractivity contribution in [2.75, 3.05) is 11.9 Å². The molecule has 1 fully saturated rings. The van der Waals surface area contributed by atoms with E-state index in [0.717, 1.165) is 11.9 Å². The highest BCUT2D eigenvalue weighted by atomic mass is 32.1. The first-order valence-corrected chi connectivity index (χ1v) is 9.02. The van der Waals surface area contributed by atoms with Crippen LogP contribution in [0.3, 0.4) is 0 Å². The molecule has 0 saturated carbocycles. The van der Waals surface area contributed by atoms with Crippen LogP contribution in [0, 0.1) is 6.92 Å². The molecule has 2 amide bonds. The van der Waals surface area contributed by atoms with Gasteiger partial charge in [0, 0.05) is 25.2 Å². The quantitative estimate of drug-likeness (QED) is 0.781. The number of rotatable bonds is 3. The predicted molar refractivity (Wildman–Crippen MR) is 95.8 cm³/mol. The van der Waals surface area contributed by atoms with E-state index in [9.17, 15) is 9.59 Å². The summed E-state index contributed by atoms with van der Waals surface area (Å²) in [5.41, 5.74) is 2.03. The fourth-order valence-electron chi connectivity index (χ4n) is 3.17. The Hall–Kier alpha value is -2.67. The second-order valence-corrected chi connectivity index (χ2v) is 6.99. The summed E-state index contributed by atoms with van der Waals surface area (Å²) in [6.45, 7) is 2.39. The minimum atomic E-state index is -0.443. The predicted octanol–water partition coefficient (Wildman–Crippen LogP) is 3.44. The van der Waals surface area contributed by atoms with Crippen LogP contribution in [-0.4, -0.2) is 34.3 Å². The van der Waals surface area contributed by atoms with Crippen LogP contribution in [0.25, 0.3) is 11.1 Å². The van der Waals surface area contributed by atoms with E-state index in [0.29, 0.717) is 35.0 Å².